The van der Waals surface area contributed by atoms with Crippen LogP contribution in [0.2, 0.25) is 5.02 Å². The number of rotatable bonds is 6. The SMILES string of the molecule is COc1ccc(OC)c(/C(O)=C2\C(=O)C(=O)N(c3ccc(Cl)cc3)C2c2ccc(OC)c(O)c2)c1. The molecule has 0 radical (unpaired) electrons. The number of carbonyl (C=O) groups is 2. The number of Topliss-reactive ketones (excluding diaryl/α,β-unsaturated/α-hetero) is 1. The summed E-state index contributed by atoms with van der Waals surface area (Å²) in [7, 11) is 4.29. The van der Waals surface area contributed by atoms with Crippen molar-refractivity contribution in [1.82, 2.24) is 0 Å². The number of anilines is 1. The second kappa shape index (κ2) is 9.60. The van der Waals surface area contributed by atoms with Crippen LogP contribution in [0, 0.1) is 0 Å². The Labute approximate surface area is 206 Å². The highest BCUT2D eigenvalue weighted by Gasteiger charge is 2.47. The van der Waals surface area contributed by atoms with Crippen molar-refractivity contribution in [3.63, 3.8) is 0 Å². The minimum absolute atomic E-state index is 0.170. The molecule has 1 aliphatic heterocycles. The van der Waals surface area contributed by atoms with Crippen LogP contribution in [-0.2, 0) is 9.59 Å². The van der Waals surface area contributed by atoms with Crippen LogP contribution in [0.3, 0.4) is 0 Å². The zero-order valence-corrected chi connectivity index (χ0v) is 19.9. The number of methoxy groups -OCH3 is 3. The molecule has 1 unspecified atom stereocenters. The van der Waals surface area contributed by atoms with Gasteiger partial charge < -0.3 is 24.4 Å². The summed E-state index contributed by atoms with van der Waals surface area (Å²) in [4.78, 5) is 27.8. The van der Waals surface area contributed by atoms with Gasteiger partial charge in [0.15, 0.2) is 11.5 Å². The summed E-state index contributed by atoms with van der Waals surface area (Å²) in [5, 5.41) is 22.3. The summed E-state index contributed by atoms with van der Waals surface area (Å²) in [6.07, 6.45) is 0. The van der Waals surface area contributed by atoms with E-state index < -0.39 is 23.5 Å². The average Bonchev–Trinajstić information content (AvgIpc) is 3.13. The zero-order valence-electron chi connectivity index (χ0n) is 19.1. The van der Waals surface area contributed by atoms with Crippen molar-refractivity contribution < 1.29 is 34.0 Å². The molecule has 8 nitrogen and oxygen atoms in total. The fourth-order valence-corrected chi connectivity index (χ4v) is 4.16. The molecule has 180 valence electrons. The van der Waals surface area contributed by atoms with E-state index in [1.165, 1.54) is 44.4 Å². The number of hydrogen-bond donors (Lipinski definition) is 2. The van der Waals surface area contributed by atoms with Gasteiger partial charge in [-0.1, -0.05) is 17.7 Å². The third-order valence-electron chi connectivity index (χ3n) is 5.73. The van der Waals surface area contributed by atoms with Gasteiger partial charge in [-0.05, 0) is 60.2 Å². The number of benzene rings is 3. The number of ether oxygens (including phenoxy) is 3. The third-order valence-corrected chi connectivity index (χ3v) is 5.98. The normalized spacial score (nSPS) is 16.9. The summed E-state index contributed by atoms with van der Waals surface area (Å²) in [6.45, 7) is 0. The first kappa shape index (κ1) is 24.0. The van der Waals surface area contributed by atoms with E-state index >= 15 is 0 Å². The topological polar surface area (TPSA) is 106 Å². The maximum Gasteiger partial charge on any atom is 0.300 e. The van der Waals surface area contributed by atoms with Crippen molar-refractivity contribution in [3.05, 3.63) is 82.4 Å². The van der Waals surface area contributed by atoms with Crippen molar-refractivity contribution in [2.45, 2.75) is 6.04 Å². The van der Waals surface area contributed by atoms with Gasteiger partial charge in [0.1, 0.15) is 17.3 Å². The fraction of sp³-hybridized carbons (Fsp3) is 0.154. The lowest BCUT2D eigenvalue weighted by Gasteiger charge is -2.26. The molecular formula is C26H22ClNO7. The monoisotopic (exact) mass is 495 g/mol. The van der Waals surface area contributed by atoms with E-state index in [1.807, 2.05) is 0 Å². The molecule has 1 atom stereocenters. The smallest absolute Gasteiger partial charge is 0.300 e. The Morgan fingerprint density at radius 2 is 1.54 bits per heavy atom. The number of phenols is 1. The van der Waals surface area contributed by atoms with Crippen LogP contribution in [0.1, 0.15) is 17.2 Å². The number of phenolic OH excluding ortho intramolecular Hbond substituents is 1. The van der Waals surface area contributed by atoms with E-state index in [0.29, 0.717) is 22.0 Å². The highest BCUT2D eigenvalue weighted by Crippen LogP contribution is 2.45. The fourth-order valence-electron chi connectivity index (χ4n) is 4.04. The van der Waals surface area contributed by atoms with Gasteiger partial charge >= 0.3 is 0 Å². The molecule has 35 heavy (non-hydrogen) atoms. The van der Waals surface area contributed by atoms with Crippen LogP contribution >= 0.6 is 11.6 Å². The summed E-state index contributed by atoms with van der Waals surface area (Å²) in [5.41, 5.74) is 0.749. The van der Waals surface area contributed by atoms with Crippen molar-refractivity contribution in [1.29, 1.82) is 0 Å². The number of ketones is 1. The minimum atomic E-state index is -1.07. The number of aliphatic hydroxyl groups excluding tert-OH is 1. The molecule has 9 heteroatoms. The van der Waals surface area contributed by atoms with E-state index in [4.69, 9.17) is 25.8 Å². The number of halogens is 1. The van der Waals surface area contributed by atoms with E-state index in [2.05, 4.69) is 0 Å². The first-order valence-corrected chi connectivity index (χ1v) is 10.8. The lowest BCUT2D eigenvalue weighted by Crippen LogP contribution is -2.29. The standard InChI is InChI=1S/C26H22ClNO7/c1-33-17-9-11-20(34-2)18(13-17)24(30)22-23(14-4-10-21(35-3)19(29)12-14)28(26(32)25(22)31)16-7-5-15(27)6-8-16/h4-13,23,29-30H,1-3H3/b24-22+. The molecule has 1 amide bonds. The molecule has 0 aromatic heterocycles. The minimum Gasteiger partial charge on any atom is -0.507 e. The second-order valence-electron chi connectivity index (χ2n) is 7.64. The van der Waals surface area contributed by atoms with Gasteiger partial charge in [-0.2, -0.15) is 0 Å². The Balaban J connectivity index is 1.99. The van der Waals surface area contributed by atoms with Gasteiger partial charge in [0, 0.05) is 10.7 Å². The van der Waals surface area contributed by atoms with Gasteiger partial charge in [0.25, 0.3) is 11.7 Å². The summed E-state index contributed by atoms with van der Waals surface area (Å²) in [5.74, 6) is -1.48. The van der Waals surface area contributed by atoms with E-state index in [0.717, 1.165) is 0 Å². The van der Waals surface area contributed by atoms with E-state index in [9.17, 15) is 19.8 Å². The number of hydrogen-bond acceptors (Lipinski definition) is 7. The molecule has 1 saturated heterocycles. The highest BCUT2D eigenvalue weighted by atomic mass is 35.5. The average molecular weight is 496 g/mol. The molecule has 1 fully saturated rings. The summed E-state index contributed by atoms with van der Waals surface area (Å²) in [6, 6.07) is 14.5. The van der Waals surface area contributed by atoms with E-state index in [1.54, 1.807) is 42.5 Å². The molecule has 0 bridgehead atoms. The number of aliphatic hydroxyl groups is 1. The Morgan fingerprint density at radius 3 is 2.14 bits per heavy atom. The zero-order chi connectivity index (χ0) is 25.3. The molecule has 0 spiro atoms. The second-order valence-corrected chi connectivity index (χ2v) is 8.08. The molecule has 0 aliphatic carbocycles. The Morgan fingerprint density at radius 1 is 0.886 bits per heavy atom. The Bertz CT molecular complexity index is 1330. The quantitative estimate of drug-likeness (QED) is 0.290. The molecule has 3 aromatic rings. The molecule has 3 aromatic carbocycles. The lowest BCUT2D eigenvalue weighted by molar-refractivity contribution is -0.132. The van der Waals surface area contributed by atoms with Crippen LogP contribution in [0.15, 0.2) is 66.2 Å². The number of nitrogens with zero attached hydrogens (tertiary/aromatic N) is 1. The van der Waals surface area contributed by atoms with Gasteiger partial charge in [-0.15, -0.1) is 0 Å². The maximum atomic E-state index is 13.3. The molecule has 1 heterocycles. The van der Waals surface area contributed by atoms with Crippen LogP contribution in [0.5, 0.6) is 23.0 Å². The maximum absolute atomic E-state index is 13.3. The predicted molar refractivity (Wildman–Crippen MR) is 130 cm³/mol. The van der Waals surface area contributed by atoms with Crippen molar-refractivity contribution in [2.24, 2.45) is 0 Å². The van der Waals surface area contributed by atoms with Gasteiger partial charge in [-0.3, -0.25) is 14.5 Å². The van der Waals surface area contributed by atoms with Crippen LogP contribution in [0.4, 0.5) is 5.69 Å². The highest BCUT2D eigenvalue weighted by molar-refractivity contribution is 6.51. The van der Waals surface area contributed by atoms with Crippen LogP contribution < -0.4 is 19.1 Å². The lowest BCUT2D eigenvalue weighted by atomic mass is 9.94. The van der Waals surface area contributed by atoms with Gasteiger partial charge in [0.2, 0.25) is 0 Å². The van der Waals surface area contributed by atoms with Gasteiger partial charge in [0.05, 0.1) is 38.5 Å². The van der Waals surface area contributed by atoms with Crippen LogP contribution in [-0.4, -0.2) is 43.2 Å². The van der Waals surface area contributed by atoms with Crippen molar-refractivity contribution in [2.75, 3.05) is 26.2 Å². The van der Waals surface area contributed by atoms with Gasteiger partial charge in [-0.25, -0.2) is 0 Å². The molecule has 1 aliphatic rings. The molecule has 2 N–H and O–H groups in total. The van der Waals surface area contributed by atoms with Crippen molar-refractivity contribution in [3.8, 4) is 23.0 Å². The summed E-state index contributed by atoms with van der Waals surface area (Å²) >= 11 is 6.02. The van der Waals surface area contributed by atoms with Crippen LogP contribution in [0.25, 0.3) is 5.76 Å². The Hall–Kier alpha value is -4.17. The largest absolute Gasteiger partial charge is 0.507 e. The van der Waals surface area contributed by atoms with Crippen molar-refractivity contribution >= 4 is 34.7 Å². The number of amides is 1. The molecule has 0 saturated carbocycles. The number of carbonyl (C=O) groups excluding carboxylic acids is 2. The molecule has 4 rings (SSSR count). The summed E-state index contributed by atoms with van der Waals surface area (Å²) < 4.78 is 15.8. The third kappa shape index (κ3) is 4.24. The number of aromatic hydroxyl groups is 1. The first-order chi connectivity index (χ1) is 16.8. The van der Waals surface area contributed by atoms with E-state index in [-0.39, 0.29) is 28.4 Å². The first-order valence-electron chi connectivity index (χ1n) is 10.5. The Kier molecular flexibility index (Phi) is 6.57. The molecular weight excluding hydrogens is 474 g/mol. The predicted octanol–water partition coefficient (Wildman–Crippen LogP) is 4.70.